The quantitative estimate of drug-likeness (QED) is 0.577. The first-order valence-electron chi connectivity index (χ1n) is 8.39. The molecule has 0 radical (unpaired) electrons. The highest BCUT2D eigenvalue weighted by molar-refractivity contribution is 7.98. The molecule has 0 spiro atoms. The molecular formula is C18H14Cl2FN5OS. The maximum absolute atomic E-state index is 14.2. The second-order valence-corrected chi connectivity index (χ2v) is 8.25. The zero-order valence-electron chi connectivity index (χ0n) is 14.8. The van der Waals surface area contributed by atoms with Crippen LogP contribution in [0.5, 0.6) is 0 Å². The van der Waals surface area contributed by atoms with Gasteiger partial charge in [0, 0.05) is 17.6 Å². The molecule has 144 valence electrons. The molecule has 28 heavy (non-hydrogen) atoms. The number of aromatic nitrogens is 4. The molecule has 0 bridgehead atoms. The minimum absolute atomic E-state index is 0.0347. The van der Waals surface area contributed by atoms with E-state index in [0.717, 1.165) is 5.56 Å². The molecule has 1 aliphatic rings. The number of halogens is 3. The third-order valence-corrected chi connectivity index (χ3v) is 6.12. The fraction of sp³-hybridized carbons (Fsp3) is 0.222. The zero-order chi connectivity index (χ0) is 20.0. The molecule has 1 amide bonds. The summed E-state index contributed by atoms with van der Waals surface area (Å²) >= 11 is 13.4. The first-order chi connectivity index (χ1) is 13.4. The summed E-state index contributed by atoms with van der Waals surface area (Å²) < 4.78 is 15.8. The number of anilines is 1. The maximum atomic E-state index is 14.2. The Morgan fingerprint density at radius 3 is 2.86 bits per heavy atom. The van der Waals surface area contributed by atoms with Crippen LogP contribution in [0.15, 0.2) is 29.3 Å². The second-order valence-electron chi connectivity index (χ2n) is 6.50. The van der Waals surface area contributed by atoms with Gasteiger partial charge in [0.2, 0.25) is 0 Å². The molecular weight excluding hydrogens is 424 g/mol. The van der Waals surface area contributed by atoms with Crippen LogP contribution in [0.1, 0.15) is 41.5 Å². The summed E-state index contributed by atoms with van der Waals surface area (Å²) in [7, 11) is 0. The van der Waals surface area contributed by atoms with E-state index in [0.29, 0.717) is 27.7 Å². The van der Waals surface area contributed by atoms with E-state index < -0.39 is 11.7 Å². The Hall–Kier alpha value is -2.16. The Bertz CT molecular complexity index is 1100. The van der Waals surface area contributed by atoms with Crippen molar-refractivity contribution in [2.75, 3.05) is 5.32 Å². The van der Waals surface area contributed by atoms with E-state index in [4.69, 9.17) is 23.2 Å². The molecule has 3 heterocycles. The van der Waals surface area contributed by atoms with Gasteiger partial charge in [0.25, 0.3) is 5.91 Å². The number of hydrogen-bond donors (Lipinski definition) is 1. The van der Waals surface area contributed by atoms with Gasteiger partial charge in [-0.05, 0) is 29.7 Å². The Morgan fingerprint density at radius 2 is 2.14 bits per heavy atom. The molecule has 0 fully saturated rings. The van der Waals surface area contributed by atoms with E-state index in [1.807, 2.05) is 13.8 Å². The first-order valence-corrected chi connectivity index (χ1v) is 10.1. The van der Waals surface area contributed by atoms with Crippen LogP contribution in [0, 0.1) is 5.82 Å². The minimum Gasteiger partial charge on any atom is -0.320 e. The second kappa shape index (κ2) is 7.35. The van der Waals surface area contributed by atoms with Gasteiger partial charge in [-0.2, -0.15) is 0 Å². The van der Waals surface area contributed by atoms with Crippen molar-refractivity contribution in [3.63, 3.8) is 0 Å². The summed E-state index contributed by atoms with van der Waals surface area (Å²) in [5, 5.41) is 11.3. The fourth-order valence-corrected chi connectivity index (χ4v) is 4.59. The number of amides is 1. The number of benzene rings is 1. The average Bonchev–Trinajstić information content (AvgIpc) is 3.08. The van der Waals surface area contributed by atoms with Gasteiger partial charge >= 0.3 is 0 Å². The van der Waals surface area contributed by atoms with Gasteiger partial charge in [0.1, 0.15) is 11.0 Å². The highest BCUT2D eigenvalue weighted by Gasteiger charge is 2.31. The topological polar surface area (TPSA) is 72.7 Å². The number of hydrogen-bond acceptors (Lipinski definition) is 5. The molecule has 3 aromatic rings. The van der Waals surface area contributed by atoms with Gasteiger partial charge in [-0.15, -0.1) is 16.9 Å². The predicted octanol–water partition coefficient (Wildman–Crippen LogP) is 5.09. The van der Waals surface area contributed by atoms with Crippen molar-refractivity contribution in [3.05, 3.63) is 57.3 Å². The molecule has 1 aromatic carbocycles. The Labute approximate surface area is 174 Å². The smallest absolute Gasteiger partial charge is 0.278 e. The van der Waals surface area contributed by atoms with Gasteiger partial charge in [-0.1, -0.05) is 42.3 Å². The fourth-order valence-electron chi connectivity index (χ4n) is 3.00. The normalized spacial score (nSPS) is 12.6. The number of nitrogens with zero attached hydrogens (tertiary/aromatic N) is 4. The van der Waals surface area contributed by atoms with Crippen LogP contribution < -0.4 is 5.32 Å². The van der Waals surface area contributed by atoms with E-state index in [-0.39, 0.29) is 21.8 Å². The van der Waals surface area contributed by atoms with Crippen molar-refractivity contribution >= 4 is 46.6 Å². The van der Waals surface area contributed by atoms with Gasteiger partial charge in [0.15, 0.2) is 5.69 Å². The van der Waals surface area contributed by atoms with E-state index >= 15 is 0 Å². The Balaban J connectivity index is 1.77. The summed E-state index contributed by atoms with van der Waals surface area (Å²) in [5.41, 5.74) is 2.75. The SMILES string of the molecule is CC(C)c1cc(F)c(Cl)c2c1-n1nnc(C(=O)Nc3ccnc(Cl)c3)c1CS2. The molecule has 2 aromatic heterocycles. The maximum Gasteiger partial charge on any atom is 0.278 e. The highest BCUT2D eigenvalue weighted by Crippen LogP contribution is 2.44. The lowest BCUT2D eigenvalue weighted by atomic mass is 10.0. The number of pyridine rings is 1. The Kier molecular flexibility index (Phi) is 5.03. The minimum atomic E-state index is -0.465. The van der Waals surface area contributed by atoms with Crippen LogP contribution in [-0.2, 0) is 5.75 Å². The van der Waals surface area contributed by atoms with Gasteiger partial charge in [-0.25, -0.2) is 14.1 Å². The molecule has 0 saturated heterocycles. The molecule has 0 aliphatic carbocycles. The number of carbonyl (C=O) groups excluding carboxylic acids is 1. The summed E-state index contributed by atoms with van der Waals surface area (Å²) in [5.74, 6) is -0.451. The van der Waals surface area contributed by atoms with E-state index in [1.165, 1.54) is 24.0 Å². The highest BCUT2D eigenvalue weighted by atomic mass is 35.5. The summed E-state index contributed by atoms with van der Waals surface area (Å²) in [6.45, 7) is 3.92. The zero-order valence-corrected chi connectivity index (χ0v) is 17.2. The molecule has 1 aliphatic heterocycles. The number of carbonyl (C=O) groups is 1. The van der Waals surface area contributed by atoms with Crippen LogP contribution in [0.4, 0.5) is 10.1 Å². The number of fused-ring (bicyclic) bond motifs is 3. The molecule has 1 N–H and O–H groups in total. The molecule has 6 nitrogen and oxygen atoms in total. The number of rotatable bonds is 3. The van der Waals surface area contributed by atoms with Crippen molar-refractivity contribution in [1.29, 1.82) is 0 Å². The molecule has 0 unspecified atom stereocenters. The predicted molar refractivity (Wildman–Crippen MR) is 107 cm³/mol. The molecule has 4 rings (SSSR count). The summed E-state index contributed by atoms with van der Waals surface area (Å²) in [6.07, 6.45) is 1.50. The lowest BCUT2D eigenvalue weighted by Gasteiger charge is -2.23. The largest absolute Gasteiger partial charge is 0.320 e. The third-order valence-electron chi connectivity index (χ3n) is 4.33. The number of thioether (sulfide) groups is 1. The molecule has 10 heteroatoms. The molecule has 0 atom stereocenters. The van der Waals surface area contributed by atoms with Gasteiger partial charge in [-0.3, -0.25) is 4.79 Å². The Morgan fingerprint density at radius 1 is 1.36 bits per heavy atom. The van der Waals surface area contributed by atoms with Crippen LogP contribution in [0.2, 0.25) is 10.2 Å². The third kappa shape index (κ3) is 3.25. The lowest BCUT2D eigenvalue weighted by molar-refractivity contribution is 0.102. The monoisotopic (exact) mass is 437 g/mol. The number of nitrogens with one attached hydrogen (secondary N) is 1. The van der Waals surface area contributed by atoms with Crippen LogP contribution in [0.25, 0.3) is 5.69 Å². The van der Waals surface area contributed by atoms with Crippen LogP contribution in [-0.4, -0.2) is 25.9 Å². The van der Waals surface area contributed by atoms with E-state index in [9.17, 15) is 9.18 Å². The summed E-state index contributed by atoms with van der Waals surface area (Å²) in [4.78, 5) is 17.2. The lowest BCUT2D eigenvalue weighted by Crippen LogP contribution is -2.17. The van der Waals surface area contributed by atoms with Crippen LogP contribution >= 0.6 is 35.0 Å². The summed E-state index contributed by atoms with van der Waals surface area (Å²) in [6, 6.07) is 4.59. The van der Waals surface area contributed by atoms with Crippen molar-refractivity contribution in [2.24, 2.45) is 0 Å². The van der Waals surface area contributed by atoms with Gasteiger partial charge < -0.3 is 5.32 Å². The van der Waals surface area contributed by atoms with Crippen molar-refractivity contribution < 1.29 is 9.18 Å². The van der Waals surface area contributed by atoms with Crippen molar-refractivity contribution in [1.82, 2.24) is 20.0 Å². The average molecular weight is 438 g/mol. The van der Waals surface area contributed by atoms with Crippen molar-refractivity contribution in [2.45, 2.75) is 30.4 Å². The van der Waals surface area contributed by atoms with Crippen molar-refractivity contribution in [3.8, 4) is 5.69 Å². The molecule has 0 saturated carbocycles. The van der Waals surface area contributed by atoms with E-state index in [1.54, 1.807) is 16.8 Å². The first kappa shape index (κ1) is 19.2. The standard InChI is InChI=1S/C18H14Cl2FN5OS/c1-8(2)10-6-11(21)14(20)17-16(10)26-12(7-28-17)15(24-25-26)18(27)23-9-3-4-22-13(19)5-9/h3-6,8H,7H2,1-2H3,(H,22,23,27). The van der Waals surface area contributed by atoms with Gasteiger partial charge in [0.05, 0.1) is 21.3 Å². The van der Waals surface area contributed by atoms with E-state index in [2.05, 4.69) is 20.6 Å². The van der Waals surface area contributed by atoms with Crippen LogP contribution in [0.3, 0.4) is 0 Å².